The van der Waals surface area contributed by atoms with Crippen LogP contribution < -0.4 is 5.32 Å². The maximum Gasteiger partial charge on any atom is 0.235 e. The zero-order valence-corrected chi connectivity index (χ0v) is 14.1. The molecule has 5 nitrogen and oxygen atoms in total. The van der Waals surface area contributed by atoms with Gasteiger partial charge in [0.2, 0.25) is 5.78 Å². The molecule has 4 rings (SSSR count). The lowest BCUT2D eigenvalue weighted by Crippen LogP contribution is -1.98. The Bertz CT molecular complexity index is 1070. The molecule has 2 aromatic heterocycles. The van der Waals surface area contributed by atoms with Crippen LogP contribution in [-0.2, 0) is 0 Å². The molecule has 0 aliphatic carbocycles. The van der Waals surface area contributed by atoms with Crippen molar-refractivity contribution in [3.63, 3.8) is 0 Å². The van der Waals surface area contributed by atoms with Crippen LogP contribution in [0.1, 0.15) is 11.1 Å². The van der Waals surface area contributed by atoms with Crippen molar-refractivity contribution in [1.29, 1.82) is 0 Å². The van der Waals surface area contributed by atoms with Gasteiger partial charge in [0.05, 0.1) is 0 Å². The third kappa shape index (κ3) is 2.80. The summed E-state index contributed by atoms with van der Waals surface area (Å²) in [6, 6.07) is 15.2. The molecule has 0 unspecified atom stereocenters. The number of nitrogens with one attached hydrogen (secondary N) is 1. The molecule has 2 aromatic carbocycles. The van der Waals surface area contributed by atoms with Crippen LogP contribution in [0.25, 0.3) is 17.0 Å². The van der Waals surface area contributed by atoms with Crippen LogP contribution in [-0.4, -0.2) is 19.5 Å². The Morgan fingerprint density at radius 1 is 1.00 bits per heavy atom. The molecule has 0 aliphatic rings. The van der Waals surface area contributed by atoms with E-state index in [4.69, 9.17) is 0 Å². The number of nitrogens with zero attached hydrogens (tertiary/aromatic N) is 3. The summed E-state index contributed by atoms with van der Waals surface area (Å²) in [4.78, 5) is 8.97. The van der Waals surface area contributed by atoms with E-state index in [-0.39, 0.29) is 5.75 Å². The van der Waals surface area contributed by atoms with Crippen molar-refractivity contribution in [2.75, 3.05) is 5.32 Å². The third-order valence-electron chi connectivity index (χ3n) is 4.29. The van der Waals surface area contributed by atoms with E-state index >= 15 is 0 Å². The van der Waals surface area contributed by atoms with Gasteiger partial charge < -0.3 is 10.4 Å². The molecule has 0 radical (unpaired) electrons. The summed E-state index contributed by atoms with van der Waals surface area (Å²) >= 11 is 0. The number of anilines is 2. The van der Waals surface area contributed by atoms with E-state index in [1.165, 1.54) is 11.1 Å². The molecule has 124 valence electrons. The fourth-order valence-corrected chi connectivity index (χ4v) is 2.82. The highest BCUT2D eigenvalue weighted by molar-refractivity contribution is 5.79. The number of fused-ring (bicyclic) bond motifs is 1. The highest BCUT2D eigenvalue weighted by Crippen LogP contribution is 2.32. The van der Waals surface area contributed by atoms with Gasteiger partial charge in [0.15, 0.2) is 0 Å². The van der Waals surface area contributed by atoms with E-state index in [9.17, 15) is 5.11 Å². The molecule has 0 aliphatic heterocycles. The van der Waals surface area contributed by atoms with E-state index in [2.05, 4.69) is 41.3 Å². The van der Waals surface area contributed by atoms with Crippen molar-refractivity contribution in [1.82, 2.24) is 14.4 Å². The first-order chi connectivity index (χ1) is 12.1. The van der Waals surface area contributed by atoms with Crippen molar-refractivity contribution < 1.29 is 5.11 Å². The highest BCUT2D eigenvalue weighted by Gasteiger charge is 2.15. The number of aryl methyl sites for hydroxylation is 2. The number of aromatic nitrogens is 3. The first-order valence-corrected chi connectivity index (χ1v) is 8.08. The van der Waals surface area contributed by atoms with Crippen LogP contribution in [0.2, 0.25) is 0 Å². The summed E-state index contributed by atoms with van der Waals surface area (Å²) in [6.45, 7) is 4.18. The van der Waals surface area contributed by atoms with Gasteiger partial charge in [0, 0.05) is 23.6 Å². The van der Waals surface area contributed by atoms with Crippen molar-refractivity contribution in [2.24, 2.45) is 0 Å². The fourth-order valence-electron chi connectivity index (χ4n) is 2.82. The van der Waals surface area contributed by atoms with Gasteiger partial charge >= 0.3 is 0 Å². The van der Waals surface area contributed by atoms with Crippen LogP contribution >= 0.6 is 0 Å². The Morgan fingerprint density at radius 2 is 1.88 bits per heavy atom. The molecule has 4 aromatic rings. The van der Waals surface area contributed by atoms with Crippen LogP contribution in [0, 0.1) is 13.8 Å². The van der Waals surface area contributed by atoms with Crippen LogP contribution in [0.4, 0.5) is 11.5 Å². The van der Waals surface area contributed by atoms with E-state index < -0.39 is 0 Å². The van der Waals surface area contributed by atoms with Gasteiger partial charge in [-0.05, 0) is 55.3 Å². The van der Waals surface area contributed by atoms with Crippen LogP contribution in [0.15, 0.2) is 60.9 Å². The minimum absolute atomic E-state index is 0.208. The second-order valence-electron chi connectivity index (χ2n) is 6.07. The van der Waals surface area contributed by atoms with Crippen molar-refractivity contribution in [3.8, 4) is 17.0 Å². The number of hydrogen-bond acceptors (Lipinski definition) is 4. The van der Waals surface area contributed by atoms with Crippen molar-refractivity contribution in [3.05, 3.63) is 72.1 Å². The number of aromatic hydroxyl groups is 1. The molecule has 2 N–H and O–H groups in total. The maximum absolute atomic E-state index is 9.83. The topological polar surface area (TPSA) is 62.5 Å². The number of phenols is 1. The zero-order valence-electron chi connectivity index (χ0n) is 14.1. The molecule has 5 heteroatoms. The minimum atomic E-state index is 0.208. The Morgan fingerprint density at radius 3 is 2.68 bits per heavy atom. The van der Waals surface area contributed by atoms with E-state index in [0.29, 0.717) is 5.78 Å². The lowest BCUT2D eigenvalue weighted by Gasteiger charge is -2.10. The van der Waals surface area contributed by atoms with Crippen molar-refractivity contribution >= 4 is 17.3 Å². The first kappa shape index (κ1) is 15.2. The summed E-state index contributed by atoms with van der Waals surface area (Å²) in [7, 11) is 0. The number of hydrogen-bond donors (Lipinski definition) is 2. The molecule has 0 amide bonds. The Kier molecular flexibility index (Phi) is 3.61. The smallest absolute Gasteiger partial charge is 0.235 e. The van der Waals surface area contributed by atoms with Gasteiger partial charge in [-0.15, -0.1) is 0 Å². The first-order valence-electron chi connectivity index (χ1n) is 8.08. The predicted molar refractivity (Wildman–Crippen MR) is 99.3 cm³/mol. The standard InChI is InChI=1S/C20H18N4O/c1-13-7-8-16(11-14(13)2)22-19-18(15-5-3-6-17(25)12-15)23-20-21-9-4-10-24(19)20/h3-12,22,25H,1-2H3. The van der Waals surface area contributed by atoms with E-state index in [1.807, 2.05) is 34.9 Å². The summed E-state index contributed by atoms with van der Waals surface area (Å²) in [6.07, 6.45) is 3.64. The summed E-state index contributed by atoms with van der Waals surface area (Å²) in [5.41, 5.74) is 5.02. The normalized spacial score (nSPS) is 11.0. The SMILES string of the molecule is Cc1ccc(Nc2c(-c3cccc(O)c3)nc3ncccn23)cc1C. The Balaban J connectivity index is 1.88. The summed E-state index contributed by atoms with van der Waals surface area (Å²) < 4.78 is 1.91. The number of imidazole rings is 1. The molecular weight excluding hydrogens is 312 g/mol. The van der Waals surface area contributed by atoms with Gasteiger partial charge in [-0.3, -0.25) is 4.40 Å². The minimum Gasteiger partial charge on any atom is -0.508 e. The van der Waals surface area contributed by atoms with Gasteiger partial charge in [-0.2, -0.15) is 0 Å². The molecule has 0 saturated heterocycles. The maximum atomic E-state index is 9.83. The summed E-state index contributed by atoms with van der Waals surface area (Å²) in [5.74, 6) is 1.63. The third-order valence-corrected chi connectivity index (χ3v) is 4.29. The second kappa shape index (κ2) is 5.94. The quantitative estimate of drug-likeness (QED) is 0.582. The molecule has 0 bridgehead atoms. The van der Waals surface area contributed by atoms with Gasteiger partial charge in [0.1, 0.15) is 17.3 Å². The van der Waals surface area contributed by atoms with Crippen LogP contribution in [0.5, 0.6) is 5.75 Å². The molecular formula is C20H18N4O. The lowest BCUT2D eigenvalue weighted by molar-refractivity contribution is 0.475. The summed E-state index contributed by atoms with van der Waals surface area (Å²) in [5, 5.41) is 13.3. The highest BCUT2D eigenvalue weighted by atomic mass is 16.3. The molecule has 25 heavy (non-hydrogen) atoms. The van der Waals surface area contributed by atoms with Gasteiger partial charge in [-0.25, -0.2) is 9.97 Å². The van der Waals surface area contributed by atoms with E-state index in [1.54, 1.807) is 18.3 Å². The average molecular weight is 330 g/mol. The predicted octanol–water partition coefficient (Wildman–Crippen LogP) is 4.46. The Labute approximate surface area is 145 Å². The largest absolute Gasteiger partial charge is 0.508 e. The van der Waals surface area contributed by atoms with Gasteiger partial charge in [-0.1, -0.05) is 18.2 Å². The average Bonchev–Trinajstić information content (AvgIpc) is 2.97. The molecule has 0 spiro atoms. The second-order valence-corrected chi connectivity index (χ2v) is 6.07. The van der Waals surface area contributed by atoms with Crippen molar-refractivity contribution in [2.45, 2.75) is 13.8 Å². The number of rotatable bonds is 3. The fraction of sp³-hybridized carbons (Fsp3) is 0.100. The molecule has 2 heterocycles. The molecule has 0 atom stereocenters. The van der Waals surface area contributed by atoms with E-state index in [0.717, 1.165) is 22.8 Å². The number of benzene rings is 2. The number of phenolic OH excluding ortho intramolecular Hbond substituents is 1. The van der Waals surface area contributed by atoms with Gasteiger partial charge in [0.25, 0.3) is 0 Å². The van der Waals surface area contributed by atoms with Crippen LogP contribution in [0.3, 0.4) is 0 Å². The lowest BCUT2D eigenvalue weighted by atomic mass is 10.1. The Hall–Kier alpha value is -3.34. The zero-order chi connectivity index (χ0) is 17.4. The molecule has 0 saturated carbocycles. The monoisotopic (exact) mass is 330 g/mol. The molecule has 0 fully saturated rings.